The first-order valence-electron chi connectivity index (χ1n) is 6.90. The topological polar surface area (TPSA) is 32.3 Å². The van der Waals surface area contributed by atoms with Gasteiger partial charge in [0.2, 0.25) is 5.13 Å². The second-order valence-electron chi connectivity index (χ2n) is 5.15. The summed E-state index contributed by atoms with van der Waals surface area (Å²) in [7, 11) is 6.19. The van der Waals surface area contributed by atoms with E-state index in [0.717, 1.165) is 29.5 Å². The minimum Gasteiger partial charge on any atom is -0.378 e. The Labute approximate surface area is 125 Å². The Bertz CT molecular complexity index is 550. The summed E-state index contributed by atoms with van der Waals surface area (Å²) < 4.78 is 0. The quantitative estimate of drug-likeness (QED) is 0.818. The average Bonchev–Trinajstić information content (AvgIpc) is 2.88. The van der Waals surface area contributed by atoms with Crippen molar-refractivity contribution in [2.45, 2.75) is 26.3 Å². The van der Waals surface area contributed by atoms with Gasteiger partial charge in [-0.3, -0.25) is 0 Å². The van der Waals surface area contributed by atoms with Crippen LogP contribution in [0.2, 0.25) is 0 Å². The van der Waals surface area contributed by atoms with E-state index in [1.165, 1.54) is 11.3 Å². The van der Waals surface area contributed by atoms with Gasteiger partial charge in [-0.1, -0.05) is 30.4 Å². The Morgan fingerprint density at radius 2 is 1.95 bits per heavy atom. The molecule has 0 aliphatic rings. The largest absolute Gasteiger partial charge is 0.378 e. The number of rotatable bonds is 6. The van der Waals surface area contributed by atoms with Crippen molar-refractivity contribution in [2.24, 2.45) is 0 Å². The number of nitrogens with zero attached hydrogens (tertiary/aromatic N) is 4. The minimum atomic E-state index is 0.850. The summed E-state index contributed by atoms with van der Waals surface area (Å²) in [6, 6.07) is 8.58. The lowest BCUT2D eigenvalue weighted by molar-refractivity contribution is 0.858. The lowest BCUT2D eigenvalue weighted by atomic mass is 10.2. The van der Waals surface area contributed by atoms with Gasteiger partial charge in [0.25, 0.3) is 0 Å². The molecule has 0 spiro atoms. The van der Waals surface area contributed by atoms with E-state index < -0.39 is 0 Å². The number of benzene rings is 1. The first-order chi connectivity index (χ1) is 9.60. The molecule has 108 valence electrons. The predicted molar refractivity (Wildman–Crippen MR) is 86.8 cm³/mol. The van der Waals surface area contributed by atoms with Crippen LogP contribution >= 0.6 is 11.3 Å². The predicted octanol–water partition coefficient (Wildman–Crippen LogP) is 3.19. The first kappa shape index (κ1) is 14.8. The van der Waals surface area contributed by atoms with Crippen LogP contribution in [-0.2, 0) is 13.0 Å². The molecule has 0 bridgehead atoms. The van der Waals surface area contributed by atoms with E-state index in [0.29, 0.717) is 0 Å². The van der Waals surface area contributed by atoms with Crippen LogP contribution in [0.1, 0.15) is 23.9 Å². The smallest absolute Gasteiger partial charge is 0.208 e. The number of aryl methyl sites for hydroxylation is 1. The Hall–Kier alpha value is -1.62. The van der Waals surface area contributed by atoms with Crippen LogP contribution in [0.15, 0.2) is 24.3 Å². The fourth-order valence-corrected chi connectivity index (χ4v) is 2.89. The van der Waals surface area contributed by atoms with Crippen molar-refractivity contribution in [3.63, 3.8) is 0 Å². The van der Waals surface area contributed by atoms with E-state index in [1.54, 1.807) is 11.3 Å². The Kier molecular flexibility index (Phi) is 4.95. The molecule has 20 heavy (non-hydrogen) atoms. The van der Waals surface area contributed by atoms with Crippen molar-refractivity contribution in [3.8, 4) is 0 Å². The molecule has 0 saturated carbocycles. The third-order valence-corrected chi connectivity index (χ3v) is 4.19. The molecule has 0 aliphatic carbocycles. The Morgan fingerprint density at radius 3 is 2.65 bits per heavy atom. The minimum absolute atomic E-state index is 0.850. The van der Waals surface area contributed by atoms with Gasteiger partial charge in [0.15, 0.2) is 0 Å². The van der Waals surface area contributed by atoms with Crippen LogP contribution in [0, 0.1) is 0 Å². The second-order valence-corrected chi connectivity index (χ2v) is 6.19. The van der Waals surface area contributed by atoms with E-state index in [1.807, 2.05) is 0 Å². The van der Waals surface area contributed by atoms with E-state index in [-0.39, 0.29) is 0 Å². The zero-order chi connectivity index (χ0) is 14.5. The average molecular weight is 290 g/mol. The monoisotopic (exact) mass is 290 g/mol. The van der Waals surface area contributed by atoms with E-state index in [9.17, 15) is 0 Å². The molecule has 0 amide bonds. The van der Waals surface area contributed by atoms with Gasteiger partial charge >= 0.3 is 0 Å². The van der Waals surface area contributed by atoms with Gasteiger partial charge in [-0.15, -0.1) is 10.2 Å². The van der Waals surface area contributed by atoms with Crippen LogP contribution in [0.25, 0.3) is 0 Å². The third-order valence-electron chi connectivity index (χ3n) is 3.09. The molecule has 0 aliphatic heterocycles. The maximum Gasteiger partial charge on any atom is 0.208 e. The summed E-state index contributed by atoms with van der Waals surface area (Å²) in [6.07, 6.45) is 2.13. The summed E-state index contributed by atoms with van der Waals surface area (Å²) in [4.78, 5) is 4.28. The van der Waals surface area contributed by atoms with E-state index in [2.05, 4.69) is 72.3 Å². The van der Waals surface area contributed by atoms with Crippen LogP contribution in [0.3, 0.4) is 0 Å². The molecule has 0 N–H and O–H groups in total. The molecule has 0 saturated heterocycles. The Morgan fingerprint density at radius 1 is 1.15 bits per heavy atom. The lowest BCUT2D eigenvalue weighted by Gasteiger charge is -2.17. The molecule has 1 heterocycles. The zero-order valence-corrected chi connectivity index (χ0v) is 13.4. The van der Waals surface area contributed by atoms with Gasteiger partial charge in [-0.25, -0.2) is 0 Å². The molecule has 0 radical (unpaired) electrons. The molecule has 1 aromatic heterocycles. The highest BCUT2D eigenvalue weighted by atomic mass is 32.1. The molecule has 5 heteroatoms. The van der Waals surface area contributed by atoms with Gasteiger partial charge in [0, 0.05) is 39.8 Å². The molecule has 0 unspecified atom stereocenters. The second kappa shape index (κ2) is 6.70. The highest BCUT2D eigenvalue weighted by Crippen LogP contribution is 2.22. The highest BCUT2D eigenvalue weighted by molar-refractivity contribution is 7.15. The maximum atomic E-state index is 4.27. The number of hydrogen-bond acceptors (Lipinski definition) is 5. The van der Waals surface area contributed by atoms with Crippen molar-refractivity contribution >= 4 is 22.2 Å². The van der Waals surface area contributed by atoms with Crippen LogP contribution in [0.5, 0.6) is 0 Å². The zero-order valence-electron chi connectivity index (χ0n) is 12.6. The molecule has 2 aromatic rings. The number of anilines is 2. The molecule has 2 rings (SSSR count). The first-order valence-corrected chi connectivity index (χ1v) is 7.71. The summed E-state index contributed by atoms with van der Waals surface area (Å²) in [5.74, 6) is 0. The van der Waals surface area contributed by atoms with E-state index >= 15 is 0 Å². The molecule has 4 nitrogen and oxygen atoms in total. The Balaban J connectivity index is 2.06. The van der Waals surface area contributed by atoms with Gasteiger partial charge < -0.3 is 9.80 Å². The van der Waals surface area contributed by atoms with Gasteiger partial charge in [0.05, 0.1) is 0 Å². The summed E-state index contributed by atoms with van der Waals surface area (Å²) in [6.45, 7) is 3.01. The summed E-state index contributed by atoms with van der Waals surface area (Å²) >= 11 is 1.69. The fraction of sp³-hybridized carbons (Fsp3) is 0.467. The van der Waals surface area contributed by atoms with Crippen molar-refractivity contribution in [3.05, 3.63) is 34.8 Å². The molecule has 0 atom stereocenters. The standard InChI is InChI=1S/C15H22N4S/c1-5-7-14-16-17-15(20-14)19(4)11-12-8-6-9-13(10-12)18(2)3/h6,8-10H,5,7,11H2,1-4H3. The van der Waals surface area contributed by atoms with Gasteiger partial charge in [-0.2, -0.15) is 0 Å². The van der Waals surface area contributed by atoms with Crippen LogP contribution in [0.4, 0.5) is 10.8 Å². The van der Waals surface area contributed by atoms with Crippen LogP contribution < -0.4 is 9.80 Å². The fourth-order valence-electron chi connectivity index (χ4n) is 1.99. The van der Waals surface area contributed by atoms with Crippen molar-refractivity contribution in [2.75, 3.05) is 30.9 Å². The van der Waals surface area contributed by atoms with Crippen molar-refractivity contribution in [1.29, 1.82) is 0 Å². The lowest BCUT2D eigenvalue weighted by Crippen LogP contribution is -2.16. The maximum absolute atomic E-state index is 4.27. The molecular formula is C15H22N4S. The third kappa shape index (κ3) is 3.70. The van der Waals surface area contributed by atoms with Crippen molar-refractivity contribution in [1.82, 2.24) is 10.2 Å². The molecular weight excluding hydrogens is 268 g/mol. The summed E-state index contributed by atoms with van der Waals surface area (Å²) in [5.41, 5.74) is 2.51. The number of hydrogen-bond donors (Lipinski definition) is 0. The van der Waals surface area contributed by atoms with Gasteiger partial charge in [0.1, 0.15) is 5.01 Å². The van der Waals surface area contributed by atoms with E-state index in [4.69, 9.17) is 0 Å². The van der Waals surface area contributed by atoms with Gasteiger partial charge in [-0.05, 0) is 24.1 Å². The van der Waals surface area contributed by atoms with Crippen LogP contribution in [-0.4, -0.2) is 31.3 Å². The number of aromatic nitrogens is 2. The normalized spacial score (nSPS) is 10.6. The molecule has 0 fully saturated rings. The summed E-state index contributed by atoms with van der Waals surface area (Å²) in [5, 5.41) is 10.6. The van der Waals surface area contributed by atoms with Crippen molar-refractivity contribution < 1.29 is 0 Å². The SMILES string of the molecule is CCCc1nnc(N(C)Cc2cccc(N(C)C)c2)s1. The molecule has 1 aromatic carbocycles. The highest BCUT2D eigenvalue weighted by Gasteiger charge is 2.09.